The van der Waals surface area contributed by atoms with Crippen molar-refractivity contribution in [2.24, 2.45) is 0 Å². The van der Waals surface area contributed by atoms with Crippen LogP contribution in [0.3, 0.4) is 0 Å². The molecule has 6 nitrogen and oxygen atoms in total. The number of carboxylic acids is 1. The third-order valence-corrected chi connectivity index (χ3v) is 2.99. The lowest BCUT2D eigenvalue weighted by Gasteiger charge is -2.21. The summed E-state index contributed by atoms with van der Waals surface area (Å²) >= 11 is 0. The molecule has 1 atom stereocenters. The standard InChI is InChI=1S/C17H23NO5/c1-11-6-5-7-12(10-11)14(19)9-8-13(15(20)21)18-16(22)23-17(2,3)4/h5-7,10,13H,8-9H2,1-4H3,(H,18,22)(H,20,21)/t13-/m1/s1. The fourth-order valence-electron chi connectivity index (χ4n) is 1.95. The SMILES string of the molecule is Cc1cccc(C(=O)CC[C@@H](NC(=O)OC(C)(C)C)C(=O)O)c1. The van der Waals surface area contributed by atoms with E-state index in [9.17, 15) is 14.4 Å². The summed E-state index contributed by atoms with van der Waals surface area (Å²) in [5.74, 6) is -1.36. The second-order valence-corrected chi connectivity index (χ2v) is 6.37. The number of hydrogen-bond donors (Lipinski definition) is 2. The number of ketones is 1. The summed E-state index contributed by atoms with van der Waals surface area (Å²) < 4.78 is 5.03. The summed E-state index contributed by atoms with van der Waals surface area (Å²) in [5, 5.41) is 11.4. The van der Waals surface area contributed by atoms with Gasteiger partial charge in [0.05, 0.1) is 0 Å². The molecule has 1 amide bonds. The first-order chi connectivity index (χ1) is 10.6. The van der Waals surface area contributed by atoms with Crippen LogP contribution in [-0.4, -0.2) is 34.6 Å². The van der Waals surface area contributed by atoms with Gasteiger partial charge in [0, 0.05) is 12.0 Å². The van der Waals surface area contributed by atoms with E-state index in [4.69, 9.17) is 9.84 Å². The van der Waals surface area contributed by atoms with E-state index in [1.54, 1.807) is 39.0 Å². The van der Waals surface area contributed by atoms with E-state index >= 15 is 0 Å². The van der Waals surface area contributed by atoms with Gasteiger partial charge in [-0.05, 0) is 40.2 Å². The van der Waals surface area contributed by atoms with Gasteiger partial charge < -0.3 is 15.2 Å². The van der Waals surface area contributed by atoms with Crippen molar-refractivity contribution in [3.63, 3.8) is 0 Å². The number of carbonyl (C=O) groups is 3. The van der Waals surface area contributed by atoms with E-state index < -0.39 is 23.7 Å². The highest BCUT2D eigenvalue weighted by Crippen LogP contribution is 2.11. The second-order valence-electron chi connectivity index (χ2n) is 6.37. The Balaban J connectivity index is 2.61. The molecule has 0 unspecified atom stereocenters. The van der Waals surface area contributed by atoms with Crippen LogP contribution in [0.5, 0.6) is 0 Å². The highest BCUT2D eigenvalue weighted by molar-refractivity contribution is 5.96. The number of rotatable bonds is 6. The van der Waals surface area contributed by atoms with E-state index in [-0.39, 0.29) is 18.6 Å². The molecule has 0 aromatic heterocycles. The van der Waals surface area contributed by atoms with Crippen LogP contribution in [0.25, 0.3) is 0 Å². The van der Waals surface area contributed by atoms with Crippen molar-refractivity contribution in [3.8, 4) is 0 Å². The van der Waals surface area contributed by atoms with Crippen LogP contribution < -0.4 is 5.32 Å². The van der Waals surface area contributed by atoms with Gasteiger partial charge in [-0.25, -0.2) is 9.59 Å². The number of nitrogens with one attached hydrogen (secondary N) is 1. The van der Waals surface area contributed by atoms with Crippen molar-refractivity contribution in [2.45, 2.75) is 52.2 Å². The molecule has 0 heterocycles. The van der Waals surface area contributed by atoms with Crippen LogP contribution in [0.4, 0.5) is 4.79 Å². The van der Waals surface area contributed by atoms with Gasteiger partial charge in [-0.2, -0.15) is 0 Å². The Bertz CT molecular complexity index is 589. The fraction of sp³-hybridized carbons (Fsp3) is 0.471. The molecule has 0 spiro atoms. The summed E-state index contributed by atoms with van der Waals surface area (Å²) in [4.78, 5) is 35.0. The normalized spacial score (nSPS) is 12.3. The molecule has 23 heavy (non-hydrogen) atoms. The summed E-state index contributed by atoms with van der Waals surface area (Å²) in [6.07, 6.45) is -0.787. The predicted molar refractivity (Wildman–Crippen MR) is 85.5 cm³/mol. The molecule has 1 aromatic rings. The summed E-state index contributed by atoms with van der Waals surface area (Å²) in [7, 11) is 0. The van der Waals surface area contributed by atoms with Crippen LogP contribution in [0.1, 0.15) is 49.5 Å². The minimum atomic E-state index is -1.20. The molecule has 1 rings (SSSR count). The van der Waals surface area contributed by atoms with E-state index in [2.05, 4.69) is 5.32 Å². The third-order valence-electron chi connectivity index (χ3n) is 2.99. The number of benzene rings is 1. The zero-order valence-electron chi connectivity index (χ0n) is 13.9. The number of carboxylic acid groups (broad SMARTS) is 1. The molecule has 0 saturated carbocycles. The largest absolute Gasteiger partial charge is 0.480 e. The van der Waals surface area contributed by atoms with E-state index in [0.29, 0.717) is 5.56 Å². The van der Waals surface area contributed by atoms with Crippen molar-refractivity contribution in [2.75, 3.05) is 0 Å². The zero-order valence-corrected chi connectivity index (χ0v) is 13.9. The average Bonchev–Trinajstić information content (AvgIpc) is 2.40. The van der Waals surface area contributed by atoms with Gasteiger partial charge in [0.2, 0.25) is 0 Å². The average molecular weight is 321 g/mol. The minimum Gasteiger partial charge on any atom is -0.480 e. The topological polar surface area (TPSA) is 92.7 Å². The highest BCUT2D eigenvalue weighted by atomic mass is 16.6. The molecule has 0 bridgehead atoms. The number of alkyl carbamates (subject to hydrolysis) is 1. The first-order valence-corrected chi connectivity index (χ1v) is 7.40. The minimum absolute atomic E-state index is 0.00134. The predicted octanol–water partition coefficient (Wildman–Crippen LogP) is 2.94. The van der Waals surface area contributed by atoms with Crippen LogP contribution in [-0.2, 0) is 9.53 Å². The van der Waals surface area contributed by atoms with Crippen molar-refractivity contribution >= 4 is 17.8 Å². The molecule has 0 aliphatic rings. The fourth-order valence-corrected chi connectivity index (χ4v) is 1.95. The Morgan fingerprint density at radius 1 is 1.26 bits per heavy atom. The molecule has 0 fully saturated rings. The first-order valence-electron chi connectivity index (χ1n) is 7.40. The lowest BCUT2D eigenvalue weighted by atomic mass is 10.0. The molecular formula is C17H23NO5. The van der Waals surface area contributed by atoms with Gasteiger partial charge >= 0.3 is 12.1 Å². The van der Waals surface area contributed by atoms with Gasteiger partial charge in [-0.15, -0.1) is 0 Å². The van der Waals surface area contributed by atoms with Gasteiger partial charge in [-0.1, -0.05) is 23.8 Å². The summed E-state index contributed by atoms with van der Waals surface area (Å²) in [5.41, 5.74) is 0.772. The van der Waals surface area contributed by atoms with E-state index in [0.717, 1.165) is 5.56 Å². The quantitative estimate of drug-likeness (QED) is 0.786. The summed E-state index contributed by atoms with van der Waals surface area (Å²) in [6.45, 7) is 6.93. The Kier molecular flexibility index (Phi) is 6.30. The third kappa shape index (κ3) is 6.95. The number of hydrogen-bond acceptors (Lipinski definition) is 4. The van der Waals surface area contributed by atoms with Gasteiger partial charge in [0.15, 0.2) is 5.78 Å². The van der Waals surface area contributed by atoms with Gasteiger partial charge in [0.25, 0.3) is 0 Å². The zero-order chi connectivity index (χ0) is 17.6. The Morgan fingerprint density at radius 3 is 2.43 bits per heavy atom. The van der Waals surface area contributed by atoms with Crippen LogP contribution in [0.2, 0.25) is 0 Å². The van der Waals surface area contributed by atoms with Crippen LogP contribution >= 0.6 is 0 Å². The smallest absolute Gasteiger partial charge is 0.408 e. The molecule has 6 heteroatoms. The number of carbonyl (C=O) groups excluding carboxylic acids is 2. The molecule has 126 valence electrons. The van der Waals surface area contributed by atoms with Crippen molar-refractivity contribution < 1.29 is 24.2 Å². The number of Topliss-reactive ketones (excluding diaryl/α,β-unsaturated/α-hetero) is 1. The highest BCUT2D eigenvalue weighted by Gasteiger charge is 2.24. The molecule has 2 N–H and O–H groups in total. The van der Waals surface area contributed by atoms with Gasteiger partial charge in [-0.3, -0.25) is 4.79 Å². The van der Waals surface area contributed by atoms with Crippen molar-refractivity contribution in [1.29, 1.82) is 0 Å². The van der Waals surface area contributed by atoms with E-state index in [1.807, 2.05) is 13.0 Å². The first kappa shape index (κ1) is 18.7. The van der Waals surface area contributed by atoms with Gasteiger partial charge in [0.1, 0.15) is 11.6 Å². The molecule has 0 aliphatic carbocycles. The molecule has 0 saturated heterocycles. The maximum atomic E-state index is 12.1. The number of ether oxygens (including phenoxy) is 1. The maximum absolute atomic E-state index is 12.1. The number of aryl methyl sites for hydroxylation is 1. The number of amides is 1. The molecule has 1 aromatic carbocycles. The Labute approximate surface area is 135 Å². The number of aliphatic carboxylic acids is 1. The van der Waals surface area contributed by atoms with E-state index in [1.165, 1.54) is 0 Å². The Morgan fingerprint density at radius 2 is 1.91 bits per heavy atom. The van der Waals surface area contributed by atoms with Crippen molar-refractivity contribution in [3.05, 3.63) is 35.4 Å². The molecule has 0 radical (unpaired) electrons. The second kappa shape index (κ2) is 7.76. The van der Waals surface area contributed by atoms with Crippen LogP contribution in [0, 0.1) is 6.92 Å². The molecule has 0 aliphatic heterocycles. The lowest BCUT2D eigenvalue weighted by molar-refractivity contribution is -0.139. The lowest BCUT2D eigenvalue weighted by Crippen LogP contribution is -2.43. The maximum Gasteiger partial charge on any atom is 0.408 e. The van der Waals surface area contributed by atoms with Crippen LogP contribution in [0.15, 0.2) is 24.3 Å². The Hall–Kier alpha value is -2.37. The molecular weight excluding hydrogens is 298 g/mol. The summed E-state index contributed by atoms with van der Waals surface area (Å²) in [6, 6.07) is 5.92. The monoisotopic (exact) mass is 321 g/mol. The van der Waals surface area contributed by atoms with Crippen molar-refractivity contribution in [1.82, 2.24) is 5.32 Å².